The van der Waals surface area contributed by atoms with Crippen molar-refractivity contribution in [1.82, 2.24) is 5.32 Å². The van der Waals surface area contributed by atoms with Crippen LogP contribution in [0.1, 0.15) is 12.0 Å². The molecule has 1 aromatic carbocycles. The Balaban J connectivity index is 2.09. The summed E-state index contributed by atoms with van der Waals surface area (Å²) in [5, 5.41) is 2.24. The first-order chi connectivity index (χ1) is 10.4. The molecule has 5 nitrogen and oxygen atoms in total. The van der Waals surface area contributed by atoms with Gasteiger partial charge >= 0.3 is 12.1 Å². The van der Waals surface area contributed by atoms with E-state index in [9.17, 15) is 22.8 Å². The lowest BCUT2D eigenvalue weighted by molar-refractivity contribution is -0.174. The van der Waals surface area contributed by atoms with Crippen molar-refractivity contribution >= 4 is 11.9 Å². The molecular weight excluding hydrogens is 303 g/mol. The molecule has 0 aromatic heterocycles. The van der Waals surface area contributed by atoms with Crippen LogP contribution in [0.5, 0.6) is 0 Å². The molecule has 0 unspecified atom stereocenters. The Labute approximate surface area is 125 Å². The second kappa shape index (κ2) is 9.04. The predicted octanol–water partition coefficient (Wildman–Crippen LogP) is 1.82. The quantitative estimate of drug-likeness (QED) is 0.586. The van der Waals surface area contributed by atoms with Gasteiger partial charge in [0.2, 0.25) is 5.91 Å². The van der Waals surface area contributed by atoms with Crippen LogP contribution in [-0.2, 0) is 25.7 Å². The molecule has 0 saturated heterocycles. The highest BCUT2D eigenvalue weighted by Gasteiger charge is 2.27. The Bertz CT molecular complexity index is 477. The minimum Gasteiger partial charge on any atom is -0.460 e. The molecule has 122 valence electrons. The highest BCUT2D eigenvalue weighted by molar-refractivity contribution is 5.81. The van der Waals surface area contributed by atoms with E-state index in [1.165, 1.54) is 0 Å². The van der Waals surface area contributed by atoms with Crippen LogP contribution in [0, 0.1) is 0 Å². The van der Waals surface area contributed by atoms with Gasteiger partial charge in [-0.25, -0.2) is 0 Å². The van der Waals surface area contributed by atoms with Crippen LogP contribution in [0.2, 0.25) is 0 Å². The molecule has 1 rings (SSSR count). The largest absolute Gasteiger partial charge is 0.460 e. The van der Waals surface area contributed by atoms with Gasteiger partial charge in [-0.1, -0.05) is 30.3 Å². The molecule has 1 aromatic rings. The summed E-state index contributed by atoms with van der Waals surface area (Å²) in [5.41, 5.74) is 0.808. The van der Waals surface area contributed by atoms with E-state index >= 15 is 0 Å². The third-order valence-electron chi connectivity index (χ3n) is 2.41. The molecule has 0 aliphatic heterocycles. The zero-order valence-electron chi connectivity index (χ0n) is 11.7. The number of amides is 1. The summed E-state index contributed by atoms with van der Waals surface area (Å²) in [7, 11) is 0. The maximum atomic E-state index is 11.8. The van der Waals surface area contributed by atoms with Crippen molar-refractivity contribution in [3.63, 3.8) is 0 Å². The Morgan fingerprint density at radius 1 is 1.14 bits per heavy atom. The number of carbonyl (C=O) groups is 2. The van der Waals surface area contributed by atoms with Crippen molar-refractivity contribution in [3.8, 4) is 0 Å². The molecule has 0 bridgehead atoms. The van der Waals surface area contributed by atoms with Gasteiger partial charge in [0.25, 0.3) is 0 Å². The molecule has 0 aliphatic rings. The molecule has 1 amide bonds. The fourth-order valence-electron chi connectivity index (χ4n) is 1.40. The summed E-state index contributed by atoms with van der Waals surface area (Å²) < 4.78 is 44.5. The lowest BCUT2D eigenvalue weighted by atomic mass is 10.2. The van der Waals surface area contributed by atoms with Crippen molar-refractivity contribution in [2.75, 3.05) is 19.8 Å². The van der Waals surface area contributed by atoms with Gasteiger partial charge in [0.15, 0.2) is 0 Å². The van der Waals surface area contributed by atoms with Crippen molar-refractivity contribution in [1.29, 1.82) is 0 Å². The minimum atomic E-state index is -4.42. The molecule has 0 aliphatic carbocycles. The van der Waals surface area contributed by atoms with Gasteiger partial charge < -0.3 is 14.8 Å². The van der Waals surface area contributed by atoms with E-state index in [1.807, 2.05) is 6.07 Å². The lowest BCUT2D eigenvalue weighted by Gasteiger charge is -2.08. The number of ether oxygens (including phenoxy) is 2. The van der Waals surface area contributed by atoms with Gasteiger partial charge in [-0.2, -0.15) is 13.2 Å². The van der Waals surface area contributed by atoms with Crippen LogP contribution in [0.25, 0.3) is 0 Å². The molecule has 22 heavy (non-hydrogen) atoms. The van der Waals surface area contributed by atoms with Crippen LogP contribution in [0.4, 0.5) is 13.2 Å². The highest BCUT2D eigenvalue weighted by Crippen LogP contribution is 2.14. The fourth-order valence-corrected chi connectivity index (χ4v) is 1.40. The van der Waals surface area contributed by atoms with E-state index in [-0.39, 0.29) is 26.2 Å². The SMILES string of the molecule is O=C(CCOCC(F)(F)F)NCC(=O)OCc1ccccc1. The third-order valence-corrected chi connectivity index (χ3v) is 2.41. The van der Waals surface area contributed by atoms with Crippen LogP contribution < -0.4 is 5.32 Å². The zero-order valence-corrected chi connectivity index (χ0v) is 11.7. The Hall–Kier alpha value is -2.09. The number of hydrogen-bond acceptors (Lipinski definition) is 4. The van der Waals surface area contributed by atoms with Gasteiger partial charge in [0.05, 0.1) is 6.61 Å². The molecule has 0 fully saturated rings. The number of alkyl halides is 3. The van der Waals surface area contributed by atoms with Crippen molar-refractivity contribution < 1.29 is 32.2 Å². The first-order valence-corrected chi connectivity index (χ1v) is 6.47. The fraction of sp³-hybridized carbons (Fsp3) is 0.429. The first kappa shape index (κ1) is 18.0. The Morgan fingerprint density at radius 2 is 1.82 bits per heavy atom. The number of halogens is 3. The number of carbonyl (C=O) groups excluding carboxylic acids is 2. The number of rotatable bonds is 8. The number of hydrogen-bond donors (Lipinski definition) is 1. The molecule has 1 N–H and O–H groups in total. The molecule has 8 heteroatoms. The molecule has 0 atom stereocenters. The van der Waals surface area contributed by atoms with Gasteiger partial charge in [0.1, 0.15) is 19.8 Å². The predicted molar refractivity (Wildman–Crippen MR) is 70.7 cm³/mol. The Kier molecular flexibility index (Phi) is 7.38. The topological polar surface area (TPSA) is 64.6 Å². The third kappa shape index (κ3) is 8.96. The van der Waals surface area contributed by atoms with E-state index in [0.29, 0.717) is 0 Å². The lowest BCUT2D eigenvalue weighted by Crippen LogP contribution is -2.31. The summed E-state index contributed by atoms with van der Waals surface area (Å²) in [6.07, 6.45) is -4.68. The highest BCUT2D eigenvalue weighted by atomic mass is 19.4. The van der Waals surface area contributed by atoms with Crippen molar-refractivity contribution in [2.24, 2.45) is 0 Å². The average molecular weight is 319 g/mol. The van der Waals surface area contributed by atoms with Crippen LogP contribution >= 0.6 is 0 Å². The molecule has 0 heterocycles. The standard InChI is InChI=1S/C14H16F3NO4/c15-14(16,17)10-21-7-6-12(19)18-8-13(20)22-9-11-4-2-1-3-5-11/h1-5H,6-10H2,(H,18,19). The van der Waals surface area contributed by atoms with E-state index in [2.05, 4.69) is 10.1 Å². The second-order valence-corrected chi connectivity index (χ2v) is 4.34. The van der Waals surface area contributed by atoms with Crippen molar-refractivity contribution in [3.05, 3.63) is 35.9 Å². The summed E-state index contributed by atoms with van der Waals surface area (Å²) in [6, 6.07) is 8.98. The Morgan fingerprint density at radius 3 is 2.45 bits per heavy atom. The first-order valence-electron chi connectivity index (χ1n) is 6.47. The molecule has 0 radical (unpaired) electrons. The van der Waals surface area contributed by atoms with Crippen LogP contribution in [0.3, 0.4) is 0 Å². The molecule has 0 spiro atoms. The van der Waals surface area contributed by atoms with Crippen molar-refractivity contribution in [2.45, 2.75) is 19.2 Å². The van der Waals surface area contributed by atoms with E-state index in [1.54, 1.807) is 24.3 Å². The maximum Gasteiger partial charge on any atom is 0.411 e. The second-order valence-electron chi connectivity index (χ2n) is 4.34. The van der Waals surface area contributed by atoms with Crippen LogP contribution in [-0.4, -0.2) is 37.8 Å². The van der Waals surface area contributed by atoms with Gasteiger partial charge in [-0.15, -0.1) is 0 Å². The maximum absolute atomic E-state index is 11.8. The number of esters is 1. The summed E-state index contributed by atoms with van der Waals surface area (Å²) in [5.74, 6) is -1.22. The van der Waals surface area contributed by atoms with E-state index in [0.717, 1.165) is 5.56 Å². The minimum absolute atomic E-state index is 0.0875. The zero-order chi connectivity index (χ0) is 16.4. The smallest absolute Gasteiger partial charge is 0.411 e. The average Bonchev–Trinajstić information content (AvgIpc) is 2.47. The van der Waals surface area contributed by atoms with Gasteiger partial charge in [0, 0.05) is 6.42 Å². The van der Waals surface area contributed by atoms with E-state index < -0.39 is 24.7 Å². The molecule has 0 saturated carbocycles. The number of nitrogens with one attached hydrogen (secondary N) is 1. The van der Waals surface area contributed by atoms with Gasteiger partial charge in [-0.3, -0.25) is 9.59 Å². The summed E-state index contributed by atoms with van der Waals surface area (Å²) in [6.45, 7) is -2.03. The summed E-state index contributed by atoms with van der Waals surface area (Å²) >= 11 is 0. The molecular formula is C14H16F3NO4. The normalized spacial score (nSPS) is 11.0. The monoisotopic (exact) mass is 319 g/mol. The van der Waals surface area contributed by atoms with E-state index in [4.69, 9.17) is 4.74 Å². The summed E-state index contributed by atoms with van der Waals surface area (Å²) in [4.78, 5) is 22.6. The van der Waals surface area contributed by atoms with Gasteiger partial charge in [-0.05, 0) is 5.56 Å². The number of benzene rings is 1. The van der Waals surface area contributed by atoms with Crippen LogP contribution in [0.15, 0.2) is 30.3 Å².